The van der Waals surface area contributed by atoms with Gasteiger partial charge in [0.2, 0.25) is 0 Å². The maximum atomic E-state index is 4.53. The summed E-state index contributed by atoms with van der Waals surface area (Å²) in [5.41, 5.74) is 0.989. The quantitative estimate of drug-likeness (QED) is 0.814. The fraction of sp³-hybridized carbons (Fsp3) is 0.333. The summed E-state index contributed by atoms with van der Waals surface area (Å²) in [5, 5.41) is 4.47. The van der Waals surface area contributed by atoms with Gasteiger partial charge in [0.1, 0.15) is 5.82 Å². The molecule has 0 saturated carbocycles. The molecule has 88 valence electrons. The molecule has 1 fully saturated rings. The van der Waals surface area contributed by atoms with Crippen molar-refractivity contribution >= 4 is 32.7 Å². The normalized spacial score (nSPS) is 16.4. The van der Waals surface area contributed by atoms with Gasteiger partial charge in [0.05, 0.1) is 5.52 Å². The molecular weight excluding hydrogens is 280 g/mol. The third-order valence-corrected chi connectivity index (χ3v) is 3.33. The highest BCUT2D eigenvalue weighted by atomic mass is 79.9. The van der Waals surface area contributed by atoms with Gasteiger partial charge in [-0.2, -0.15) is 0 Å². The van der Waals surface area contributed by atoms with E-state index in [9.17, 15) is 0 Å². The Morgan fingerprint density at radius 1 is 1.12 bits per heavy atom. The van der Waals surface area contributed by atoms with Gasteiger partial charge in [0.15, 0.2) is 4.73 Å². The van der Waals surface area contributed by atoms with Crippen LogP contribution in [0.5, 0.6) is 0 Å². The van der Waals surface area contributed by atoms with Gasteiger partial charge in [-0.05, 0) is 28.1 Å². The lowest BCUT2D eigenvalue weighted by molar-refractivity contribution is 0.585. The summed E-state index contributed by atoms with van der Waals surface area (Å²) in [4.78, 5) is 11.2. The van der Waals surface area contributed by atoms with E-state index in [1.807, 2.05) is 18.2 Å². The van der Waals surface area contributed by atoms with Crippen molar-refractivity contribution < 1.29 is 0 Å². The summed E-state index contributed by atoms with van der Waals surface area (Å²) in [6.45, 7) is 4.01. The van der Waals surface area contributed by atoms with Gasteiger partial charge in [-0.3, -0.25) is 0 Å². The Kier molecular flexibility index (Phi) is 2.94. The number of hydrogen-bond donors (Lipinski definition) is 1. The molecule has 1 saturated heterocycles. The smallest absolute Gasteiger partial charge is 0.199 e. The van der Waals surface area contributed by atoms with E-state index in [-0.39, 0.29) is 0 Å². The minimum atomic E-state index is 0.657. The van der Waals surface area contributed by atoms with E-state index in [0.717, 1.165) is 42.9 Å². The van der Waals surface area contributed by atoms with E-state index >= 15 is 0 Å². The Hall–Kier alpha value is -1.20. The number of halogens is 1. The summed E-state index contributed by atoms with van der Waals surface area (Å²) in [5.74, 6) is 1.03. The van der Waals surface area contributed by atoms with Crippen LogP contribution in [0.2, 0.25) is 0 Å². The zero-order chi connectivity index (χ0) is 11.7. The van der Waals surface area contributed by atoms with E-state index < -0.39 is 0 Å². The van der Waals surface area contributed by atoms with Gasteiger partial charge in [0.25, 0.3) is 0 Å². The van der Waals surface area contributed by atoms with Crippen LogP contribution >= 0.6 is 15.9 Å². The first-order chi connectivity index (χ1) is 8.34. The summed E-state index contributed by atoms with van der Waals surface area (Å²) >= 11 is 3.39. The summed E-state index contributed by atoms with van der Waals surface area (Å²) in [6.07, 6.45) is 0. The van der Waals surface area contributed by atoms with Gasteiger partial charge in [0, 0.05) is 31.6 Å². The second kappa shape index (κ2) is 4.58. The molecule has 0 radical (unpaired) electrons. The van der Waals surface area contributed by atoms with Crippen molar-refractivity contribution in [1.29, 1.82) is 0 Å². The molecule has 1 N–H and O–H groups in total. The van der Waals surface area contributed by atoms with Crippen LogP contribution in [0.25, 0.3) is 10.9 Å². The third kappa shape index (κ3) is 2.12. The Morgan fingerprint density at radius 3 is 2.71 bits per heavy atom. The predicted octanol–water partition coefficient (Wildman–Crippen LogP) is 1.80. The number of benzene rings is 1. The number of fused-ring (bicyclic) bond motifs is 1. The molecule has 0 bridgehead atoms. The van der Waals surface area contributed by atoms with Crippen LogP contribution in [0.1, 0.15) is 0 Å². The Balaban J connectivity index is 2.13. The predicted molar refractivity (Wildman–Crippen MR) is 72.3 cm³/mol. The van der Waals surface area contributed by atoms with Crippen LogP contribution < -0.4 is 10.2 Å². The van der Waals surface area contributed by atoms with Crippen molar-refractivity contribution in [2.45, 2.75) is 0 Å². The molecule has 0 atom stereocenters. The summed E-state index contributed by atoms with van der Waals surface area (Å²) in [6, 6.07) is 8.14. The second-order valence-electron chi connectivity index (χ2n) is 4.07. The molecule has 3 rings (SSSR count). The van der Waals surface area contributed by atoms with Crippen molar-refractivity contribution in [3.05, 3.63) is 29.0 Å². The maximum absolute atomic E-state index is 4.53. The van der Waals surface area contributed by atoms with Gasteiger partial charge >= 0.3 is 0 Å². The number of nitrogens with zero attached hydrogens (tertiary/aromatic N) is 3. The molecule has 2 aromatic rings. The second-order valence-corrected chi connectivity index (χ2v) is 4.78. The molecule has 0 unspecified atom stereocenters. The number of piperazine rings is 1. The number of para-hydroxylation sites is 1. The monoisotopic (exact) mass is 292 g/mol. The fourth-order valence-corrected chi connectivity index (χ4v) is 2.51. The molecule has 0 amide bonds. The Morgan fingerprint density at radius 2 is 1.88 bits per heavy atom. The van der Waals surface area contributed by atoms with Gasteiger partial charge in [-0.1, -0.05) is 12.1 Å². The van der Waals surface area contributed by atoms with E-state index in [1.54, 1.807) is 0 Å². The molecule has 0 aliphatic carbocycles. The van der Waals surface area contributed by atoms with Crippen LogP contribution in [0.15, 0.2) is 29.0 Å². The largest absolute Gasteiger partial charge is 0.353 e. The highest BCUT2D eigenvalue weighted by Crippen LogP contribution is 2.25. The highest BCUT2D eigenvalue weighted by molar-refractivity contribution is 9.10. The molecule has 1 aromatic heterocycles. The van der Waals surface area contributed by atoms with E-state index in [2.05, 4.69) is 42.2 Å². The molecule has 1 aromatic carbocycles. The minimum absolute atomic E-state index is 0.657. The molecule has 1 aliphatic heterocycles. The van der Waals surface area contributed by atoms with E-state index in [0.29, 0.717) is 4.73 Å². The lowest BCUT2D eigenvalue weighted by Crippen LogP contribution is -2.44. The molecular formula is C12H13BrN4. The molecule has 17 heavy (non-hydrogen) atoms. The number of aromatic nitrogens is 2. The van der Waals surface area contributed by atoms with Crippen molar-refractivity contribution in [3.8, 4) is 0 Å². The van der Waals surface area contributed by atoms with Crippen molar-refractivity contribution in [3.63, 3.8) is 0 Å². The average molecular weight is 293 g/mol. The first-order valence-electron chi connectivity index (χ1n) is 5.72. The summed E-state index contributed by atoms with van der Waals surface area (Å²) < 4.78 is 0.657. The molecule has 5 heteroatoms. The Labute approximate surface area is 108 Å². The molecule has 0 spiro atoms. The third-order valence-electron chi connectivity index (χ3n) is 2.97. The SMILES string of the molecule is Brc1nc(N2CCNCC2)c2ccccc2n1. The Bertz CT molecular complexity index is 537. The van der Waals surface area contributed by atoms with Crippen molar-refractivity contribution in [2.75, 3.05) is 31.1 Å². The van der Waals surface area contributed by atoms with Gasteiger partial charge < -0.3 is 10.2 Å². The van der Waals surface area contributed by atoms with Crippen LogP contribution in [-0.2, 0) is 0 Å². The average Bonchev–Trinajstić information content (AvgIpc) is 2.39. The van der Waals surface area contributed by atoms with E-state index in [4.69, 9.17) is 0 Å². The zero-order valence-corrected chi connectivity index (χ0v) is 10.9. The zero-order valence-electron chi connectivity index (χ0n) is 9.36. The van der Waals surface area contributed by atoms with Gasteiger partial charge in [-0.25, -0.2) is 9.97 Å². The fourth-order valence-electron chi connectivity index (χ4n) is 2.15. The van der Waals surface area contributed by atoms with Crippen molar-refractivity contribution in [1.82, 2.24) is 15.3 Å². The number of nitrogens with one attached hydrogen (secondary N) is 1. The van der Waals surface area contributed by atoms with Crippen LogP contribution in [0, 0.1) is 0 Å². The lowest BCUT2D eigenvalue weighted by atomic mass is 10.2. The van der Waals surface area contributed by atoms with Crippen LogP contribution in [0.4, 0.5) is 5.82 Å². The molecule has 4 nitrogen and oxygen atoms in total. The number of hydrogen-bond acceptors (Lipinski definition) is 4. The molecule has 2 heterocycles. The number of rotatable bonds is 1. The molecule has 1 aliphatic rings. The summed E-state index contributed by atoms with van der Waals surface area (Å²) in [7, 11) is 0. The minimum Gasteiger partial charge on any atom is -0.353 e. The topological polar surface area (TPSA) is 41.1 Å². The maximum Gasteiger partial charge on any atom is 0.199 e. The lowest BCUT2D eigenvalue weighted by Gasteiger charge is -2.29. The standard InChI is InChI=1S/C12H13BrN4/c13-12-15-10-4-2-1-3-9(10)11(16-12)17-7-5-14-6-8-17/h1-4,14H,5-8H2. The van der Waals surface area contributed by atoms with E-state index in [1.165, 1.54) is 0 Å². The van der Waals surface area contributed by atoms with Crippen LogP contribution in [0.3, 0.4) is 0 Å². The first kappa shape index (κ1) is 10.9. The van der Waals surface area contributed by atoms with Crippen LogP contribution in [-0.4, -0.2) is 36.1 Å². The number of anilines is 1. The van der Waals surface area contributed by atoms with Gasteiger partial charge in [-0.15, -0.1) is 0 Å². The highest BCUT2D eigenvalue weighted by Gasteiger charge is 2.15. The first-order valence-corrected chi connectivity index (χ1v) is 6.52. The van der Waals surface area contributed by atoms with Crippen molar-refractivity contribution in [2.24, 2.45) is 0 Å².